The second-order valence-corrected chi connectivity index (χ2v) is 4.22. The molecule has 0 bridgehead atoms. The molecule has 94 valence electrons. The highest BCUT2D eigenvalue weighted by Crippen LogP contribution is 2.28. The molecule has 0 radical (unpaired) electrons. The molecule has 1 aromatic heterocycles. The number of amides is 1. The Morgan fingerprint density at radius 1 is 1.56 bits per heavy atom. The van der Waals surface area contributed by atoms with Crippen LogP contribution in [-0.4, -0.2) is 24.0 Å². The van der Waals surface area contributed by atoms with Crippen LogP contribution in [0.25, 0.3) is 0 Å². The lowest BCUT2D eigenvalue weighted by Gasteiger charge is -2.09. The summed E-state index contributed by atoms with van der Waals surface area (Å²) >= 11 is 0. The van der Waals surface area contributed by atoms with E-state index < -0.39 is 0 Å². The average Bonchev–Trinajstić information content (AvgIpc) is 3.20. The van der Waals surface area contributed by atoms with Crippen LogP contribution in [-0.2, 0) is 4.79 Å². The number of nitrogens with one attached hydrogen (secondary N) is 2. The summed E-state index contributed by atoms with van der Waals surface area (Å²) in [4.78, 5) is 15.4. The van der Waals surface area contributed by atoms with E-state index in [1.807, 2.05) is 6.07 Å². The van der Waals surface area contributed by atoms with Gasteiger partial charge in [0.1, 0.15) is 6.07 Å². The third-order valence-electron chi connectivity index (χ3n) is 2.78. The molecule has 1 fully saturated rings. The Morgan fingerprint density at radius 2 is 2.33 bits per heavy atom. The fourth-order valence-corrected chi connectivity index (χ4v) is 1.57. The fourth-order valence-electron chi connectivity index (χ4n) is 1.57. The zero-order chi connectivity index (χ0) is 13.0. The predicted octanol–water partition coefficient (Wildman–Crippen LogP) is 0.474. The van der Waals surface area contributed by atoms with Gasteiger partial charge in [-0.25, -0.2) is 4.98 Å². The van der Waals surface area contributed by atoms with Crippen LogP contribution in [0.1, 0.15) is 18.4 Å². The van der Waals surface area contributed by atoms with Gasteiger partial charge < -0.3 is 16.4 Å². The number of hydrogen-bond donors (Lipinski definition) is 3. The highest BCUT2D eigenvalue weighted by molar-refractivity contribution is 5.80. The SMILES string of the molecule is N#Cc1ccnc(NCCNC(=O)C2CC2)c1N. The number of nitriles is 1. The van der Waals surface area contributed by atoms with E-state index in [0.717, 1.165) is 12.8 Å². The number of hydrogen-bond acceptors (Lipinski definition) is 5. The minimum Gasteiger partial charge on any atom is -0.395 e. The van der Waals surface area contributed by atoms with Crippen molar-refractivity contribution in [2.24, 2.45) is 5.92 Å². The molecule has 0 atom stereocenters. The molecule has 6 nitrogen and oxygen atoms in total. The van der Waals surface area contributed by atoms with Crippen LogP contribution >= 0.6 is 0 Å². The van der Waals surface area contributed by atoms with E-state index in [9.17, 15) is 4.79 Å². The smallest absolute Gasteiger partial charge is 0.223 e. The standard InChI is InChI=1S/C12H15N5O/c13-7-9-3-4-15-11(10(9)14)16-5-6-17-12(18)8-1-2-8/h3-4,8H,1-2,5-6,14H2,(H,15,16)(H,17,18). The van der Waals surface area contributed by atoms with Gasteiger partial charge in [0.05, 0.1) is 11.3 Å². The van der Waals surface area contributed by atoms with Crippen LogP contribution in [0, 0.1) is 17.2 Å². The first-order valence-electron chi connectivity index (χ1n) is 5.88. The topological polar surface area (TPSA) is 104 Å². The summed E-state index contributed by atoms with van der Waals surface area (Å²) in [5.74, 6) is 0.813. The second kappa shape index (κ2) is 5.36. The van der Waals surface area contributed by atoms with Gasteiger partial charge in [0, 0.05) is 25.2 Å². The molecular formula is C12H15N5O. The first-order chi connectivity index (χ1) is 8.72. The Hall–Kier alpha value is -2.29. The van der Waals surface area contributed by atoms with Crippen LogP contribution < -0.4 is 16.4 Å². The van der Waals surface area contributed by atoms with Gasteiger partial charge in [-0.3, -0.25) is 4.79 Å². The van der Waals surface area contributed by atoms with Crippen LogP contribution in [0.2, 0.25) is 0 Å². The summed E-state index contributed by atoms with van der Waals surface area (Å²) in [7, 11) is 0. The second-order valence-electron chi connectivity index (χ2n) is 4.22. The van der Waals surface area contributed by atoms with E-state index in [1.54, 1.807) is 6.07 Å². The number of nitrogen functional groups attached to an aromatic ring is 1. The van der Waals surface area contributed by atoms with E-state index in [4.69, 9.17) is 11.0 Å². The molecule has 0 saturated heterocycles. The molecule has 0 aliphatic heterocycles. The number of nitrogens with two attached hydrogens (primary N) is 1. The first kappa shape index (κ1) is 12.2. The van der Waals surface area contributed by atoms with Crippen molar-refractivity contribution < 1.29 is 4.79 Å². The molecule has 0 unspecified atom stereocenters. The maximum Gasteiger partial charge on any atom is 0.223 e. The largest absolute Gasteiger partial charge is 0.395 e. The zero-order valence-electron chi connectivity index (χ0n) is 9.94. The van der Waals surface area contributed by atoms with Crippen molar-refractivity contribution >= 4 is 17.4 Å². The number of nitrogens with zero attached hydrogens (tertiary/aromatic N) is 2. The Morgan fingerprint density at radius 3 is 3.00 bits per heavy atom. The minimum absolute atomic E-state index is 0.114. The number of pyridine rings is 1. The van der Waals surface area contributed by atoms with Gasteiger partial charge in [-0.1, -0.05) is 0 Å². The van der Waals surface area contributed by atoms with Crippen molar-refractivity contribution in [1.82, 2.24) is 10.3 Å². The summed E-state index contributed by atoms with van der Waals surface area (Å²) in [5, 5.41) is 14.6. The van der Waals surface area contributed by atoms with Crippen molar-refractivity contribution in [3.63, 3.8) is 0 Å². The lowest BCUT2D eigenvalue weighted by Crippen LogP contribution is -2.30. The molecule has 6 heteroatoms. The van der Waals surface area contributed by atoms with Crippen LogP contribution in [0.4, 0.5) is 11.5 Å². The Bertz CT molecular complexity index is 490. The van der Waals surface area contributed by atoms with Crippen LogP contribution in [0.15, 0.2) is 12.3 Å². The Labute approximate surface area is 105 Å². The molecular weight excluding hydrogens is 230 g/mol. The fraction of sp³-hybridized carbons (Fsp3) is 0.417. The van der Waals surface area contributed by atoms with Gasteiger partial charge in [-0.05, 0) is 18.9 Å². The monoisotopic (exact) mass is 245 g/mol. The summed E-state index contributed by atoms with van der Waals surface area (Å²) in [6.07, 6.45) is 3.52. The quantitative estimate of drug-likeness (QED) is 0.654. The van der Waals surface area contributed by atoms with Gasteiger partial charge in [-0.15, -0.1) is 0 Å². The molecule has 1 aliphatic carbocycles. The van der Waals surface area contributed by atoms with Crippen LogP contribution in [0.5, 0.6) is 0 Å². The average molecular weight is 245 g/mol. The lowest BCUT2D eigenvalue weighted by atomic mass is 10.2. The van der Waals surface area contributed by atoms with Crippen molar-refractivity contribution in [3.05, 3.63) is 17.8 Å². The van der Waals surface area contributed by atoms with E-state index >= 15 is 0 Å². The number of carbonyl (C=O) groups excluding carboxylic acids is 1. The van der Waals surface area contributed by atoms with E-state index in [2.05, 4.69) is 15.6 Å². The summed E-state index contributed by atoms with van der Waals surface area (Å²) in [6.45, 7) is 1.05. The van der Waals surface area contributed by atoms with Gasteiger partial charge >= 0.3 is 0 Å². The van der Waals surface area contributed by atoms with Crippen molar-refractivity contribution in [3.8, 4) is 6.07 Å². The van der Waals surface area contributed by atoms with Gasteiger partial charge in [-0.2, -0.15) is 5.26 Å². The maximum absolute atomic E-state index is 11.4. The van der Waals surface area contributed by atoms with Gasteiger partial charge in [0.2, 0.25) is 5.91 Å². The molecule has 2 rings (SSSR count). The molecule has 1 saturated carbocycles. The number of carbonyl (C=O) groups is 1. The van der Waals surface area contributed by atoms with Crippen molar-refractivity contribution in [1.29, 1.82) is 5.26 Å². The molecule has 1 aromatic rings. The number of anilines is 2. The molecule has 0 spiro atoms. The molecule has 1 heterocycles. The zero-order valence-corrected chi connectivity index (χ0v) is 9.94. The Balaban J connectivity index is 1.79. The molecule has 1 aliphatic rings. The molecule has 1 amide bonds. The normalized spacial score (nSPS) is 13.7. The molecule has 4 N–H and O–H groups in total. The maximum atomic E-state index is 11.4. The molecule has 0 aromatic carbocycles. The Kier molecular flexibility index (Phi) is 3.63. The molecule has 18 heavy (non-hydrogen) atoms. The van der Waals surface area contributed by atoms with E-state index in [1.165, 1.54) is 6.20 Å². The van der Waals surface area contributed by atoms with Gasteiger partial charge in [0.15, 0.2) is 5.82 Å². The van der Waals surface area contributed by atoms with E-state index in [-0.39, 0.29) is 11.8 Å². The predicted molar refractivity (Wildman–Crippen MR) is 67.6 cm³/mol. The van der Waals surface area contributed by atoms with Crippen molar-refractivity contribution in [2.75, 3.05) is 24.1 Å². The summed E-state index contributed by atoms with van der Waals surface area (Å²) < 4.78 is 0. The number of aromatic nitrogens is 1. The minimum atomic E-state index is 0.114. The van der Waals surface area contributed by atoms with Crippen molar-refractivity contribution in [2.45, 2.75) is 12.8 Å². The lowest BCUT2D eigenvalue weighted by molar-refractivity contribution is -0.122. The van der Waals surface area contributed by atoms with E-state index in [0.29, 0.717) is 30.2 Å². The first-order valence-corrected chi connectivity index (χ1v) is 5.88. The van der Waals surface area contributed by atoms with Crippen LogP contribution in [0.3, 0.4) is 0 Å². The summed E-state index contributed by atoms with van der Waals surface area (Å²) in [6, 6.07) is 3.56. The summed E-state index contributed by atoms with van der Waals surface area (Å²) in [5.41, 5.74) is 6.50. The highest BCUT2D eigenvalue weighted by atomic mass is 16.2. The third-order valence-corrected chi connectivity index (χ3v) is 2.78. The van der Waals surface area contributed by atoms with Gasteiger partial charge in [0.25, 0.3) is 0 Å². The third kappa shape index (κ3) is 2.88. The highest BCUT2D eigenvalue weighted by Gasteiger charge is 2.28. The number of rotatable bonds is 5.